The first-order chi connectivity index (χ1) is 11.7. The summed E-state index contributed by atoms with van der Waals surface area (Å²) < 4.78 is 11.3. The predicted molar refractivity (Wildman–Crippen MR) is 97.1 cm³/mol. The molecule has 1 heterocycles. The van der Waals surface area contributed by atoms with Crippen molar-refractivity contribution < 1.29 is 19.4 Å². The van der Waals surface area contributed by atoms with Crippen LogP contribution in [0.15, 0.2) is 0 Å². The molecule has 4 heteroatoms. The van der Waals surface area contributed by atoms with Gasteiger partial charge >= 0.3 is 5.97 Å². The van der Waals surface area contributed by atoms with Crippen molar-refractivity contribution in [3.63, 3.8) is 0 Å². The van der Waals surface area contributed by atoms with E-state index in [-0.39, 0.29) is 30.0 Å². The Kier molecular flexibility index (Phi) is 5.00. The summed E-state index contributed by atoms with van der Waals surface area (Å²) in [5.74, 6) is 1.12. The molecule has 2 saturated carbocycles. The van der Waals surface area contributed by atoms with Gasteiger partial charge in [-0.2, -0.15) is 0 Å². The molecule has 0 aromatic heterocycles. The van der Waals surface area contributed by atoms with Crippen LogP contribution in [0.1, 0.15) is 72.6 Å². The average molecular weight is 353 g/mol. The van der Waals surface area contributed by atoms with E-state index >= 15 is 0 Å². The minimum absolute atomic E-state index is 0.0357. The molecule has 6 atom stereocenters. The Labute approximate surface area is 152 Å². The number of carbonyl (C=O) groups is 1. The lowest BCUT2D eigenvalue weighted by Crippen LogP contribution is -2.57. The second-order valence-corrected chi connectivity index (χ2v) is 9.77. The molecule has 3 aliphatic rings. The van der Waals surface area contributed by atoms with E-state index in [0.717, 1.165) is 25.7 Å². The summed E-state index contributed by atoms with van der Waals surface area (Å²) in [5, 5.41) is 9.22. The Morgan fingerprint density at radius 2 is 2.00 bits per heavy atom. The van der Waals surface area contributed by atoms with Gasteiger partial charge in [-0.3, -0.25) is 0 Å². The van der Waals surface area contributed by atoms with E-state index in [4.69, 9.17) is 9.47 Å². The lowest BCUT2D eigenvalue weighted by atomic mass is 9.45. The molecule has 1 aliphatic heterocycles. The molecule has 3 fully saturated rings. The highest BCUT2D eigenvalue weighted by atomic mass is 16.7. The van der Waals surface area contributed by atoms with Crippen molar-refractivity contribution in [1.82, 2.24) is 0 Å². The fourth-order valence-corrected chi connectivity index (χ4v) is 6.45. The number of carbonyl (C=O) groups excluding carboxylic acids is 1. The molecule has 3 rings (SSSR count). The second kappa shape index (κ2) is 6.53. The summed E-state index contributed by atoms with van der Waals surface area (Å²) in [5.41, 5.74) is -0.273. The minimum Gasteiger partial charge on any atom is -0.467 e. The Hall–Kier alpha value is -0.610. The predicted octanol–water partition coefficient (Wildman–Crippen LogP) is 3.95. The monoisotopic (exact) mass is 352 g/mol. The zero-order valence-electron chi connectivity index (χ0n) is 16.6. The lowest BCUT2D eigenvalue weighted by molar-refractivity contribution is -0.158. The van der Waals surface area contributed by atoms with Gasteiger partial charge in [-0.1, -0.05) is 40.5 Å². The number of epoxide rings is 1. The highest BCUT2D eigenvalue weighted by molar-refractivity contribution is 5.84. The van der Waals surface area contributed by atoms with Gasteiger partial charge in [0.15, 0.2) is 5.60 Å². The van der Waals surface area contributed by atoms with E-state index < -0.39 is 5.60 Å². The zero-order chi connectivity index (χ0) is 18.5. The van der Waals surface area contributed by atoms with Gasteiger partial charge in [0.2, 0.25) is 0 Å². The number of aliphatic hydroxyl groups is 1. The molecule has 4 nitrogen and oxygen atoms in total. The molecular formula is C21H36O4. The van der Waals surface area contributed by atoms with Crippen LogP contribution in [-0.2, 0) is 14.3 Å². The summed E-state index contributed by atoms with van der Waals surface area (Å²) in [6.45, 7) is 9.63. The molecule has 144 valence electrons. The van der Waals surface area contributed by atoms with Crippen LogP contribution in [0.4, 0.5) is 0 Å². The summed E-state index contributed by atoms with van der Waals surface area (Å²) >= 11 is 0. The van der Waals surface area contributed by atoms with Gasteiger partial charge in [0.05, 0.1) is 13.2 Å². The van der Waals surface area contributed by atoms with E-state index in [9.17, 15) is 9.90 Å². The molecule has 0 radical (unpaired) electrons. The number of ether oxygens (including phenoxy) is 2. The van der Waals surface area contributed by atoms with Crippen LogP contribution in [-0.4, -0.2) is 36.5 Å². The number of aliphatic hydroxyl groups excluding tert-OH is 1. The molecule has 1 saturated heterocycles. The van der Waals surface area contributed by atoms with Crippen molar-refractivity contribution in [3.8, 4) is 0 Å². The number of hydrogen-bond acceptors (Lipinski definition) is 4. The number of fused-ring (bicyclic) bond motifs is 2. The SMILES string of the molecule is COC(=O)[C@]12O[C@H]1C[C@H]1C(C)(C)CCC[C@]1(C)[C@H]2CC[C@H](C)CCO. The van der Waals surface area contributed by atoms with Gasteiger partial charge < -0.3 is 14.6 Å². The van der Waals surface area contributed by atoms with Crippen molar-refractivity contribution in [2.45, 2.75) is 84.3 Å². The number of rotatable bonds is 6. The largest absolute Gasteiger partial charge is 0.467 e. The number of methoxy groups -OCH3 is 1. The molecule has 25 heavy (non-hydrogen) atoms. The van der Waals surface area contributed by atoms with Crippen LogP contribution < -0.4 is 0 Å². The molecule has 0 bridgehead atoms. The summed E-state index contributed by atoms with van der Waals surface area (Å²) in [4.78, 5) is 12.7. The Morgan fingerprint density at radius 1 is 1.28 bits per heavy atom. The van der Waals surface area contributed by atoms with Gasteiger partial charge in [0.1, 0.15) is 0 Å². The third kappa shape index (κ3) is 2.93. The highest BCUT2D eigenvalue weighted by Gasteiger charge is 2.76. The average Bonchev–Trinajstić information content (AvgIpc) is 3.26. The van der Waals surface area contributed by atoms with Crippen molar-refractivity contribution in [3.05, 3.63) is 0 Å². The van der Waals surface area contributed by atoms with Crippen LogP contribution in [0.5, 0.6) is 0 Å². The van der Waals surface area contributed by atoms with Crippen LogP contribution in [0.2, 0.25) is 0 Å². The molecule has 0 aromatic carbocycles. The zero-order valence-corrected chi connectivity index (χ0v) is 16.6. The smallest absolute Gasteiger partial charge is 0.341 e. The summed E-state index contributed by atoms with van der Waals surface area (Å²) in [6, 6.07) is 0. The van der Waals surface area contributed by atoms with Crippen LogP contribution >= 0.6 is 0 Å². The molecule has 0 aromatic rings. The fraction of sp³-hybridized carbons (Fsp3) is 0.952. The van der Waals surface area contributed by atoms with Gasteiger partial charge in [-0.25, -0.2) is 4.79 Å². The molecule has 2 aliphatic carbocycles. The third-order valence-electron chi connectivity index (χ3n) is 7.87. The van der Waals surface area contributed by atoms with Crippen molar-refractivity contribution in [2.75, 3.05) is 13.7 Å². The van der Waals surface area contributed by atoms with E-state index in [1.807, 2.05) is 0 Å². The van der Waals surface area contributed by atoms with Crippen LogP contribution in [0.25, 0.3) is 0 Å². The first kappa shape index (κ1) is 19.2. The third-order valence-corrected chi connectivity index (χ3v) is 7.87. The molecule has 0 spiro atoms. The maximum atomic E-state index is 12.7. The van der Waals surface area contributed by atoms with E-state index in [0.29, 0.717) is 17.3 Å². The lowest BCUT2D eigenvalue weighted by Gasteiger charge is -2.57. The van der Waals surface area contributed by atoms with E-state index in [1.165, 1.54) is 26.4 Å². The van der Waals surface area contributed by atoms with Gasteiger partial charge in [0.25, 0.3) is 0 Å². The number of hydrogen-bond donors (Lipinski definition) is 1. The minimum atomic E-state index is -0.702. The molecular weight excluding hydrogens is 316 g/mol. The summed E-state index contributed by atoms with van der Waals surface area (Å²) in [7, 11) is 1.49. The van der Waals surface area contributed by atoms with E-state index in [1.54, 1.807) is 0 Å². The maximum absolute atomic E-state index is 12.7. The van der Waals surface area contributed by atoms with Gasteiger partial charge in [-0.15, -0.1) is 0 Å². The maximum Gasteiger partial charge on any atom is 0.341 e. The fourth-order valence-electron chi connectivity index (χ4n) is 6.45. The van der Waals surface area contributed by atoms with Crippen molar-refractivity contribution in [2.24, 2.45) is 28.6 Å². The molecule has 0 amide bonds. The van der Waals surface area contributed by atoms with Crippen LogP contribution in [0.3, 0.4) is 0 Å². The Bertz CT molecular complexity index is 516. The Balaban J connectivity index is 1.90. The van der Waals surface area contributed by atoms with E-state index in [2.05, 4.69) is 27.7 Å². The standard InChI is InChI=1S/C21H36O4/c1-14(9-12-22)7-8-15-20(4)11-6-10-19(2,3)16(20)13-17-21(15,25-17)18(23)24-5/h14-17,22H,6-13H2,1-5H3/t14-,15+,16-,17-,20+,21+/m0/s1. The summed E-state index contributed by atoms with van der Waals surface area (Å²) in [6.07, 6.45) is 7.53. The second-order valence-electron chi connectivity index (χ2n) is 9.77. The topological polar surface area (TPSA) is 59.1 Å². The quantitative estimate of drug-likeness (QED) is 0.581. The van der Waals surface area contributed by atoms with Crippen molar-refractivity contribution >= 4 is 5.97 Å². The number of esters is 1. The Morgan fingerprint density at radius 3 is 2.64 bits per heavy atom. The molecule has 0 unspecified atom stereocenters. The highest BCUT2D eigenvalue weighted by Crippen LogP contribution is 2.69. The normalized spacial score (nSPS) is 42.9. The van der Waals surface area contributed by atoms with Gasteiger partial charge in [-0.05, 0) is 54.8 Å². The van der Waals surface area contributed by atoms with Gasteiger partial charge in [0, 0.05) is 12.5 Å². The first-order valence-electron chi connectivity index (χ1n) is 10.1. The van der Waals surface area contributed by atoms with Crippen molar-refractivity contribution in [1.29, 1.82) is 0 Å². The molecule has 1 N–H and O–H groups in total. The van der Waals surface area contributed by atoms with Crippen LogP contribution in [0, 0.1) is 28.6 Å². The first-order valence-corrected chi connectivity index (χ1v) is 10.1.